The first kappa shape index (κ1) is 6.88. The molecule has 0 radical (unpaired) electrons. The van der Waals surface area contributed by atoms with Crippen LogP contribution in [0.25, 0.3) is 0 Å². The SMILES string of the molecule is C=CNC(C=N)=NC. The van der Waals surface area contributed by atoms with Crippen LogP contribution in [0, 0.1) is 5.41 Å². The highest BCUT2D eigenvalue weighted by molar-refractivity contribution is 6.28. The summed E-state index contributed by atoms with van der Waals surface area (Å²) in [5, 5.41) is 9.35. The van der Waals surface area contributed by atoms with Crippen molar-refractivity contribution in [3.63, 3.8) is 0 Å². The van der Waals surface area contributed by atoms with E-state index in [1.54, 1.807) is 7.05 Å². The Kier molecular flexibility index (Phi) is 3.48. The molecule has 0 aromatic carbocycles. The zero-order chi connectivity index (χ0) is 6.41. The van der Waals surface area contributed by atoms with Crippen LogP contribution in [0.15, 0.2) is 17.8 Å². The number of rotatable bonds is 2. The van der Waals surface area contributed by atoms with Gasteiger partial charge in [0.15, 0.2) is 0 Å². The molecule has 0 unspecified atom stereocenters. The maximum Gasteiger partial charge on any atom is 0.142 e. The first-order chi connectivity index (χ1) is 3.85. The number of hydrogen-bond donors (Lipinski definition) is 2. The lowest BCUT2D eigenvalue weighted by Crippen LogP contribution is -2.17. The smallest absolute Gasteiger partial charge is 0.142 e. The van der Waals surface area contributed by atoms with Crippen LogP contribution in [0.1, 0.15) is 0 Å². The summed E-state index contributed by atoms with van der Waals surface area (Å²) in [6.45, 7) is 3.40. The highest BCUT2D eigenvalue weighted by atomic mass is 15.0. The fourth-order valence-corrected chi connectivity index (χ4v) is 0.275. The first-order valence-corrected chi connectivity index (χ1v) is 2.20. The topological polar surface area (TPSA) is 48.2 Å². The Bertz CT molecular complexity index is 115. The summed E-state index contributed by atoms with van der Waals surface area (Å²) in [7, 11) is 1.61. The number of hydrogen-bond acceptors (Lipinski definition) is 2. The second-order valence-corrected chi connectivity index (χ2v) is 1.10. The number of nitrogens with zero attached hydrogens (tertiary/aromatic N) is 1. The Balaban J connectivity index is 3.71. The van der Waals surface area contributed by atoms with Gasteiger partial charge < -0.3 is 10.7 Å². The Morgan fingerprint density at radius 3 is 2.62 bits per heavy atom. The van der Waals surface area contributed by atoms with Crippen molar-refractivity contribution in [2.24, 2.45) is 4.99 Å². The van der Waals surface area contributed by atoms with Crippen LogP contribution in [0.2, 0.25) is 0 Å². The van der Waals surface area contributed by atoms with Gasteiger partial charge in [0, 0.05) is 7.05 Å². The summed E-state index contributed by atoms with van der Waals surface area (Å²) in [5.41, 5.74) is 0. The summed E-state index contributed by atoms with van der Waals surface area (Å²) in [5.74, 6) is 0.514. The lowest BCUT2D eigenvalue weighted by molar-refractivity contribution is 1.26. The van der Waals surface area contributed by atoms with Crippen LogP contribution >= 0.6 is 0 Å². The maximum absolute atomic E-state index is 6.70. The monoisotopic (exact) mass is 111 g/mol. The molecule has 0 bridgehead atoms. The van der Waals surface area contributed by atoms with Crippen LogP contribution in [0.4, 0.5) is 0 Å². The Hall–Kier alpha value is -1.12. The lowest BCUT2D eigenvalue weighted by atomic mass is 10.6. The Labute approximate surface area is 48.6 Å². The molecule has 0 rings (SSSR count). The van der Waals surface area contributed by atoms with Crippen LogP contribution in [0.5, 0.6) is 0 Å². The van der Waals surface area contributed by atoms with E-state index < -0.39 is 0 Å². The summed E-state index contributed by atoms with van der Waals surface area (Å²) >= 11 is 0. The predicted molar refractivity (Wildman–Crippen MR) is 35.5 cm³/mol. The highest BCUT2D eigenvalue weighted by Crippen LogP contribution is 1.62. The quantitative estimate of drug-likeness (QED) is 0.393. The van der Waals surface area contributed by atoms with Crippen molar-refractivity contribution in [1.82, 2.24) is 5.32 Å². The molecule has 0 heterocycles. The molecule has 0 saturated carbocycles. The number of aliphatic imine (C=N–C) groups is 1. The van der Waals surface area contributed by atoms with E-state index in [0.717, 1.165) is 6.21 Å². The average molecular weight is 111 g/mol. The third-order valence-electron chi connectivity index (χ3n) is 0.628. The Morgan fingerprint density at radius 1 is 1.88 bits per heavy atom. The minimum absolute atomic E-state index is 0.514. The van der Waals surface area contributed by atoms with E-state index in [9.17, 15) is 0 Å². The summed E-state index contributed by atoms with van der Waals surface area (Å²) in [4.78, 5) is 3.69. The first-order valence-electron chi connectivity index (χ1n) is 2.20. The zero-order valence-electron chi connectivity index (χ0n) is 4.81. The lowest BCUT2D eigenvalue weighted by Gasteiger charge is -1.92. The van der Waals surface area contributed by atoms with Gasteiger partial charge >= 0.3 is 0 Å². The van der Waals surface area contributed by atoms with E-state index in [0.29, 0.717) is 5.84 Å². The van der Waals surface area contributed by atoms with Gasteiger partial charge in [0.2, 0.25) is 0 Å². The molecule has 0 aliphatic carbocycles. The molecule has 0 atom stereocenters. The van der Waals surface area contributed by atoms with Gasteiger partial charge in [-0.05, 0) is 6.20 Å². The van der Waals surface area contributed by atoms with Crippen LogP contribution in [-0.4, -0.2) is 19.1 Å². The summed E-state index contributed by atoms with van der Waals surface area (Å²) in [6, 6.07) is 0. The molecule has 0 aliphatic heterocycles. The molecule has 8 heavy (non-hydrogen) atoms. The van der Waals surface area contributed by atoms with Crippen LogP contribution < -0.4 is 5.32 Å². The molecule has 0 spiro atoms. The van der Waals surface area contributed by atoms with Gasteiger partial charge in [0.1, 0.15) is 5.84 Å². The standard InChI is InChI=1S/C5H9N3/c1-3-8-5(4-6)7-2/h3-4,6H,1H2,2H3,(H,7,8). The minimum atomic E-state index is 0.514. The van der Waals surface area contributed by atoms with Gasteiger partial charge in [-0.15, -0.1) is 0 Å². The Morgan fingerprint density at radius 2 is 2.50 bits per heavy atom. The van der Waals surface area contributed by atoms with Gasteiger partial charge in [-0.25, -0.2) is 0 Å². The average Bonchev–Trinajstić information content (AvgIpc) is 1.83. The molecule has 44 valence electrons. The normalized spacial score (nSPS) is 10.4. The van der Waals surface area contributed by atoms with Crippen LogP contribution in [0.3, 0.4) is 0 Å². The molecule has 0 aromatic rings. The van der Waals surface area contributed by atoms with Crippen LogP contribution in [-0.2, 0) is 0 Å². The van der Waals surface area contributed by atoms with Crippen molar-refractivity contribution in [1.29, 1.82) is 5.41 Å². The second-order valence-electron chi connectivity index (χ2n) is 1.10. The molecule has 0 saturated heterocycles. The van der Waals surface area contributed by atoms with Gasteiger partial charge in [-0.2, -0.15) is 0 Å². The summed E-state index contributed by atoms with van der Waals surface area (Å²) in [6.07, 6.45) is 2.61. The zero-order valence-corrected chi connectivity index (χ0v) is 4.81. The van der Waals surface area contributed by atoms with Gasteiger partial charge in [-0.1, -0.05) is 6.58 Å². The molecule has 0 aliphatic rings. The molecule has 0 aromatic heterocycles. The van der Waals surface area contributed by atoms with E-state index >= 15 is 0 Å². The van der Waals surface area contributed by atoms with Gasteiger partial charge in [-0.3, -0.25) is 4.99 Å². The molecule has 3 nitrogen and oxygen atoms in total. The van der Waals surface area contributed by atoms with Crippen molar-refractivity contribution < 1.29 is 0 Å². The van der Waals surface area contributed by atoms with E-state index in [1.165, 1.54) is 6.20 Å². The van der Waals surface area contributed by atoms with Gasteiger partial charge in [0.05, 0.1) is 6.21 Å². The van der Waals surface area contributed by atoms with Crippen molar-refractivity contribution in [2.45, 2.75) is 0 Å². The highest BCUT2D eigenvalue weighted by Gasteiger charge is 1.81. The van der Waals surface area contributed by atoms with E-state index in [-0.39, 0.29) is 0 Å². The maximum atomic E-state index is 6.70. The molecule has 0 fully saturated rings. The summed E-state index contributed by atoms with van der Waals surface area (Å²) < 4.78 is 0. The molecule has 2 N–H and O–H groups in total. The van der Waals surface area contributed by atoms with E-state index in [1.807, 2.05) is 0 Å². The third kappa shape index (κ3) is 2.12. The fraction of sp³-hybridized carbons (Fsp3) is 0.200. The largest absolute Gasteiger partial charge is 0.346 e. The number of nitrogens with one attached hydrogen (secondary N) is 2. The predicted octanol–water partition coefficient (Wildman–Crippen LogP) is 0.397. The molecular weight excluding hydrogens is 102 g/mol. The molecular formula is C5H9N3. The van der Waals surface area contributed by atoms with E-state index in [4.69, 9.17) is 5.41 Å². The van der Waals surface area contributed by atoms with Crippen molar-refractivity contribution in [3.8, 4) is 0 Å². The fourth-order valence-electron chi connectivity index (χ4n) is 0.275. The number of amidine groups is 1. The van der Waals surface area contributed by atoms with Crippen molar-refractivity contribution in [2.75, 3.05) is 7.05 Å². The molecule has 0 amide bonds. The van der Waals surface area contributed by atoms with Crippen molar-refractivity contribution in [3.05, 3.63) is 12.8 Å². The van der Waals surface area contributed by atoms with E-state index in [2.05, 4.69) is 16.9 Å². The van der Waals surface area contributed by atoms with Gasteiger partial charge in [0.25, 0.3) is 0 Å². The molecule has 3 heteroatoms. The minimum Gasteiger partial charge on any atom is -0.346 e. The second kappa shape index (κ2) is 4.05. The third-order valence-corrected chi connectivity index (χ3v) is 0.628. The van der Waals surface area contributed by atoms with Crippen molar-refractivity contribution >= 4 is 12.1 Å².